The number of allylic oxidation sites excluding steroid dienone is 8. The number of rotatable bonds is 43. The summed E-state index contributed by atoms with van der Waals surface area (Å²) >= 11 is 0. The van der Waals surface area contributed by atoms with E-state index in [9.17, 15) is 30.0 Å². The minimum absolute atomic E-state index is 0.179. The van der Waals surface area contributed by atoms with Crippen LogP contribution in [0.1, 0.15) is 219 Å². The largest absolute Gasteiger partial charge is 0.462 e. The lowest BCUT2D eigenvalue weighted by molar-refractivity contribution is -0.305. The van der Waals surface area contributed by atoms with Gasteiger partial charge in [-0.2, -0.15) is 0 Å². The van der Waals surface area contributed by atoms with Crippen LogP contribution in [0.25, 0.3) is 0 Å². The van der Waals surface area contributed by atoms with Gasteiger partial charge in [-0.1, -0.05) is 178 Å². The van der Waals surface area contributed by atoms with Crippen molar-refractivity contribution >= 4 is 11.9 Å². The summed E-state index contributed by atoms with van der Waals surface area (Å²) in [6, 6.07) is 0. The molecule has 366 valence electrons. The minimum atomic E-state index is -1.61. The highest BCUT2D eigenvalue weighted by Crippen LogP contribution is 2.23. The molecule has 0 bridgehead atoms. The highest BCUT2D eigenvalue weighted by atomic mass is 16.7. The number of carbonyl (C=O) groups is 2. The summed E-state index contributed by atoms with van der Waals surface area (Å²) in [7, 11) is 0. The molecule has 0 radical (unpaired) electrons. The summed E-state index contributed by atoms with van der Waals surface area (Å²) in [5, 5.41) is 40.1. The lowest BCUT2D eigenvalue weighted by Crippen LogP contribution is -2.59. The smallest absolute Gasteiger partial charge is 0.306 e. The van der Waals surface area contributed by atoms with E-state index < -0.39 is 55.4 Å². The Morgan fingerprint density at radius 1 is 0.492 bits per heavy atom. The van der Waals surface area contributed by atoms with Crippen molar-refractivity contribution in [2.45, 2.75) is 256 Å². The maximum Gasteiger partial charge on any atom is 0.306 e. The normalized spacial score (nSPS) is 19.9. The first-order chi connectivity index (χ1) is 30.8. The molecule has 1 fully saturated rings. The van der Waals surface area contributed by atoms with Gasteiger partial charge >= 0.3 is 11.9 Å². The van der Waals surface area contributed by atoms with E-state index in [2.05, 4.69) is 62.5 Å². The first kappa shape index (κ1) is 58.7. The Balaban J connectivity index is 2.29. The van der Waals surface area contributed by atoms with Crippen molar-refractivity contribution < 1.29 is 49.0 Å². The van der Waals surface area contributed by atoms with Crippen molar-refractivity contribution in [2.75, 3.05) is 19.8 Å². The molecule has 63 heavy (non-hydrogen) atoms. The highest BCUT2D eigenvalue weighted by molar-refractivity contribution is 5.70. The topological polar surface area (TPSA) is 152 Å². The second-order valence-corrected chi connectivity index (χ2v) is 17.6. The Morgan fingerprint density at radius 2 is 0.921 bits per heavy atom. The Hall–Kier alpha value is -2.34. The standard InChI is InChI=1S/C53H94O10/c1-3-5-7-9-11-13-15-17-19-20-21-22-23-24-25-26-28-29-31-33-35-37-39-41-48(55)60-44-46(45-61-53-52(59)51(58)50(57)47(43-54)63-53)62-49(56)42-40-38-36-34-32-30-27-18-16-14-12-10-8-6-4-2/h18,26-28,32-35,46-47,50-54,57-59H,3-17,19-25,29-31,36-45H2,1-2H3/b27-18+,28-26+,34-32+,35-33+/t46-,47-,50+,51?,52?,53-/m0/s1. The molecule has 0 aromatic heterocycles. The molecule has 1 rings (SSSR count). The minimum Gasteiger partial charge on any atom is -0.462 e. The van der Waals surface area contributed by atoms with Crippen molar-refractivity contribution in [3.63, 3.8) is 0 Å². The van der Waals surface area contributed by atoms with Gasteiger partial charge in [0.1, 0.15) is 31.0 Å². The van der Waals surface area contributed by atoms with E-state index in [1.165, 1.54) is 128 Å². The lowest BCUT2D eigenvalue weighted by Gasteiger charge is -2.39. The Labute approximate surface area is 384 Å². The molecular weight excluding hydrogens is 797 g/mol. The number of hydrogen-bond acceptors (Lipinski definition) is 10. The van der Waals surface area contributed by atoms with Crippen molar-refractivity contribution in [2.24, 2.45) is 0 Å². The molecule has 0 spiro atoms. The van der Waals surface area contributed by atoms with Crippen molar-refractivity contribution in [1.82, 2.24) is 0 Å². The Kier molecular flexibility index (Phi) is 40.6. The third-order valence-corrected chi connectivity index (χ3v) is 11.7. The van der Waals surface area contributed by atoms with Crippen LogP contribution < -0.4 is 0 Å². The number of aliphatic hydroxyl groups is 4. The summed E-state index contributed by atoms with van der Waals surface area (Å²) < 4.78 is 22.1. The zero-order valence-electron chi connectivity index (χ0n) is 40.1. The van der Waals surface area contributed by atoms with E-state index in [0.29, 0.717) is 12.8 Å². The molecule has 2 unspecified atom stereocenters. The number of unbranched alkanes of at least 4 members (excludes halogenated alkanes) is 24. The predicted molar refractivity (Wildman–Crippen MR) is 256 cm³/mol. The lowest BCUT2D eigenvalue weighted by atomic mass is 9.99. The number of aliphatic hydroxyl groups excluding tert-OH is 4. The van der Waals surface area contributed by atoms with Gasteiger partial charge in [-0.3, -0.25) is 9.59 Å². The molecule has 6 atom stereocenters. The molecule has 4 N–H and O–H groups in total. The maximum absolute atomic E-state index is 12.8. The number of hydrogen-bond donors (Lipinski definition) is 4. The quantitative estimate of drug-likeness (QED) is 0.0264. The van der Waals surface area contributed by atoms with E-state index >= 15 is 0 Å². The van der Waals surface area contributed by atoms with Gasteiger partial charge in [-0.25, -0.2) is 0 Å². The fourth-order valence-corrected chi connectivity index (χ4v) is 7.59. The van der Waals surface area contributed by atoms with E-state index in [-0.39, 0.29) is 26.1 Å². The van der Waals surface area contributed by atoms with Crippen LogP contribution in [0, 0.1) is 0 Å². The molecule has 1 aliphatic rings. The van der Waals surface area contributed by atoms with Gasteiger partial charge in [-0.15, -0.1) is 0 Å². The molecule has 0 amide bonds. The van der Waals surface area contributed by atoms with E-state index in [1.54, 1.807) is 0 Å². The van der Waals surface area contributed by atoms with Crippen LogP contribution in [0.3, 0.4) is 0 Å². The second kappa shape index (κ2) is 43.5. The van der Waals surface area contributed by atoms with E-state index in [4.69, 9.17) is 18.9 Å². The van der Waals surface area contributed by atoms with Crippen LogP contribution in [0.4, 0.5) is 0 Å². The summed E-state index contributed by atoms with van der Waals surface area (Å²) in [5.74, 6) is -0.891. The van der Waals surface area contributed by atoms with Gasteiger partial charge in [-0.05, 0) is 77.0 Å². The first-order valence-electron chi connectivity index (χ1n) is 25.7. The van der Waals surface area contributed by atoms with Crippen LogP contribution in [0.5, 0.6) is 0 Å². The highest BCUT2D eigenvalue weighted by Gasteiger charge is 2.44. The molecule has 1 aliphatic heterocycles. The summed E-state index contributed by atoms with van der Waals surface area (Å²) in [6.45, 7) is 3.37. The van der Waals surface area contributed by atoms with Crippen molar-refractivity contribution in [3.05, 3.63) is 48.6 Å². The molecular formula is C53H94O10. The first-order valence-corrected chi connectivity index (χ1v) is 25.7. The predicted octanol–water partition coefficient (Wildman–Crippen LogP) is 12.0. The Morgan fingerprint density at radius 3 is 1.43 bits per heavy atom. The van der Waals surface area contributed by atoms with E-state index in [1.807, 2.05) is 0 Å². The average Bonchev–Trinajstić information content (AvgIpc) is 3.28. The third-order valence-electron chi connectivity index (χ3n) is 11.7. The number of ether oxygens (including phenoxy) is 4. The zero-order chi connectivity index (χ0) is 45.9. The fraction of sp³-hybridized carbons (Fsp3) is 0.811. The molecule has 10 nitrogen and oxygen atoms in total. The van der Waals surface area contributed by atoms with E-state index in [0.717, 1.165) is 51.4 Å². The summed E-state index contributed by atoms with van der Waals surface area (Å²) in [6.07, 6.45) is 45.7. The molecule has 0 saturated carbocycles. The van der Waals surface area contributed by atoms with Crippen molar-refractivity contribution in [3.8, 4) is 0 Å². The number of esters is 2. The van der Waals surface area contributed by atoms with Crippen molar-refractivity contribution in [1.29, 1.82) is 0 Å². The van der Waals surface area contributed by atoms with Gasteiger partial charge in [0.25, 0.3) is 0 Å². The second-order valence-electron chi connectivity index (χ2n) is 17.6. The average molecular weight is 891 g/mol. The molecule has 10 heteroatoms. The van der Waals surface area contributed by atoms with Gasteiger partial charge in [0.2, 0.25) is 0 Å². The zero-order valence-corrected chi connectivity index (χ0v) is 40.1. The van der Waals surface area contributed by atoms with Gasteiger partial charge < -0.3 is 39.4 Å². The Bertz CT molecular complexity index is 1170. The maximum atomic E-state index is 12.8. The summed E-state index contributed by atoms with van der Waals surface area (Å²) in [4.78, 5) is 25.4. The van der Waals surface area contributed by atoms with Crippen LogP contribution in [0.2, 0.25) is 0 Å². The third kappa shape index (κ3) is 34.6. The van der Waals surface area contributed by atoms with Gasteiger partial charge in [0, 0.05) is 12.8 Å². The van der Waals surface area contributed by atoms with Crippen LogP contribution in [-0.4, -0.2) is 89.0 Å². The SMILES string of the molecule is CCCCCCCC/C=C/C/C=C/CCCCC(=O)O[C@@H](COC(=O)CCC/C=C/CC/C=C/CCCCCCCCCCCCCCCC)CO[C@H]1O[C@@H](CO)[C@@H](O)C(O)C1O. The van der Waals surface area contributed by atoms with Crippen LogP contribution >= 0.6 is 0 Å². The molecule has 1 heterocycles. The monoisotopic (exact) mass is 891 g/mol. The molecule has 0 aromatic rings. The molecule has 0 aromatic carbocycles. The van der Waals surface area contributed by atoms with Crippen LogP contribution in [0.15, 0.2) is 48.6 Å². The molecule has 1 saturated heterocycles. The van der Waals surface area contributed by atoms with Crippen LogP contribution in [-0.2, 0) is 28.5 Å². The molecule has 0 aliphatic carbocycles. The fourth-order valence-electron chi connectivity index (χ4n) is 7.59. The van der Waals surface area contributed by atoms with Gasteiger partial charge in [0.05, 0.1) is 13.2 Å². The summed E-state index contributed by atoms with van der Waals surface area (Å²) in [5.41, 5.74) is 0. The van der Waals surface area contributed by atoms with Gasteiger partial charge in [0.15, 0.2) is 12.4 Å². The number of carbonyl (C=O) groups excluding carboxylic acids is 2.